The Morgan fingerprint density at radius 1 is 0.385 bits per heavy atom. The number of fused-ring (bicyclic) bond motifs is 12. The van der Waals surface area contributed by atoms with Crippen molar-refractivity contribution in [1.29, 1.82) is 0 Å². The Balaban J connectivity index is 1.22. The van der Waals surface area contributed by atoms with Crippen molar-refractivity contribution in [3.63, 3.8) is 0 Å². The molecule has 11 aromatic rings. The number of nitrogens with zero attached hydrogens (tertiary/aromatic N) is 5. The zero-order valence-electron chi connectivity index (χ0n) is 28.0. The van der Waals surface area contributed by atoms with Crippen LogP contribution in [0.1, 0.15) is 0 Å². The van der Waals surface area contributed by atoms with Crippen molar-refractivity contribution in [3.8, 4) is 39.6 Å². The lowest BCUT2D eigenvalue weighted by atomic mass is 10.0. The SMILES string of the molecule is c1ccc(-c2cc(-c3ccccc3)nc(-c3cccc(-n4c5ccccc5c5ccc6c(c7ccccc7n7c8ccccc8nc67)c54)c3)n2)cc1. The van der Waals surface area contributed by atoms with Crippen LogP contribution in [-0.2, 0) is 0 Å². The summed E-state index contributed by atoms with van der Waals surface area (Å²) in [5.41, 5.74) is 12.4. The average molecular weight is 664 g/mol. The molecule has 0 saturated heterocycles. The molecular weight excluding hydrogens is 635 g/mol. The normalized spacial score (nSPS) is 11.8. The molecule has 0 bridgehead atoms. The number of benzene rings is 7. The van der Waals surface area contributed by atoms with Crippen LogP contribution in [0.25, 0.3) is 99.8 Å². The van der Waals surface area contributed by atoms with E-state index in [0.29, 0.717) is 5.82 Å². The molecule has 0 amide bonds. The molecule has 11 rings (SSSR count). The summed E-state index contributed by atoms with van der Waals surface area (Å²) in [7, 11) is 0. The van der Waals surface area contributed by atoms with Gasteiger partial charge in [0.15, 0.2) is 5.82 Å². The summed E-state index contributed by atoms with van der Waals surface area (Å²) in [6.45, 7) is 0. The molecule has 0 radical (unpaired) electrons. The van der Waals surface area contributed by atoms with Crippen molar-refractivity contribution in [1.82, 2.24) is 23.9 Å². The molecule has 4 heterocycles. The number of hydrogen-bond donors (Lipinski definition) is 0. The van der Waals surface area contributed by atoms with Gasteiger partial charge in [0.25, 0.3) is 0 Å². The van der Waals surface area contributed by atoms with Crippen molar-refractivity contribution >= 4 is 60.2 Å². The minimum atomic E-state index is 0.684. The summed E-state index contributed by atoms with van der Waals surface area (Å²) in [6.07, 6.45) is 0. The summed E-state index contributed by atoms with van der Waals surface area (Å²) < 4.78 is 4.73. The molecule has 0 unspecified atom stereocenters. The summed E-state index contributed by atoms with van der Waals surface area (Å²) in [6, 6.07) is 61.8. The maximum Gasteiger partial charge on any atom is 0.160 e. The Labute approximate surface area is 298 Å². The smallest absolute Gasteiger partial charge is 0.160 e. The minimum Gasteiger partial charge on any atom is -0.309 e. The fourth-order valence-corrected chi connectivity index (χ4v) is 7.99. The minimum absolute atomic E-state index is 0.684. The fraction of sp³-hybridized carbons (Fsp3) is 0. The van der Waals surface area contributed by atoms with Gasteiger partial charge < -0.3 is 4.57 Å². The fourth-order valence-electron chi connectivity index (χ4n) is 7.99. The Kier molecular flexibility index (Phi) is 6.18. The summed E-state index contributed by atoms with van der Waals surface area (Å²) >= 11 is 0. The molecule has 0 spiro atoms. The molecule has 0 aliphatic carbocycles. The monoisotopic (exact) mass is 663 g/mol. The highest BCUT2D eigenvalue weighted by atomic mass is 15.0. The van der Waals surface area contributed by atoms with Gasteiger partial charge in [-0.15, -0.1) is 0 Å². The standard InChI is InChI=1S/C47H29N5/c1-3-14-30(15-4-1)39-29-40(31-16-5-2-6-17-31)49-46(48-39)32-18-13-19-33(28-32)51-41-23-10-7-20-34(41)35-26-27-37-44(45(35)51)36-21-8-11-24-42(36)52-43-25-12-9-22-38(43)50-47(37)52/h1-29H. The zero-order valence-corrected chi connectivity index (χ0v) is 28.0. The maximum absolute atomic E-state index is 5.21. The van der Waals surface area contributed by atoms with Crippen LogP contribution < -0.4 is 0 Å². The molecule has 242 valence electrons. The van der Waals surface area contributed by atoms with Gasteiger partial charge in [0.05, 0.1) is 39.0 Å². The second kappa shape index (κ2) is 11.2. The predicted molar refractivity (Wildman–Crippen MR) is 214 cm³/mol. The number of rotatable bonds is 4. The van der Waals surface area contributed by atoms with Gasteiger partial charge in [-0.05, 0) is 48.5 Å². The van der Waals surface area contributed by atoms with Crippen molar-refractivity contribution in [2.24, 2.45) is 0 Å². The summed E-state index contributed by atoms with van der Waals surface area (Å²) in [5, 5.41) is 5.90. The first-order chi connectivity index (χ1) is 25.8. The maximum atomic E-state index is 5.21. The van der Waals surface area contributed by atoms with E-state index in [2.05, 4.69) is 173 Å². The molecule has 0 aliphatic rings. The Morgan fingerprint density at radius 3 is 1.73 bits per heavy atom. The van der Waals surface area contributed by atoms with Crippen LogP contribution in [0.5, 0.6) is 0 Å². The van der Waals surface area contributed by atoms with E-state index in [4.69, 9.17) is 15.0 Å². The van der Waals surface area contributed by atoms with Gasteiger partial charge in [-0.3, -0.25) is 4.40 Å². The van der Waals surface area contributed by atoms with Crippen LogP contribution in [0.15, 0.2) is 176 Å². The van der Waals surface area contributed by atoms with E-state index in [1.165, 1.54) is 21.5 Å². The largest absolute Gasteiger partial charge is 0.309 e. The summed E-state index contributed by atoms with van der Waals surface area (Å²) in [5.74, 6) is 0.684. The van der Waals surface area contributed by atoms with Crippen molar-refractivity contribution < 1.29 is 0 Å². The third-order valence-electron chi connectivity index (χ3n) is 10.3. The predicted octanol–water partition coefficient (Wildman–Crippen LogP) is 11.7. The first-order valence-electron chi connectivity index (χ1n) is 17.5. The highest BCUT2D eigenvalue weighted by molar-refractivity contribution is 6.28. The zero-order chi connectivity index (χ0) is 34.2. The molecule has 52 heavy (non-hydrogen) atoms. The number of hydrogen-bond acceptors (Lipinski definition) is 3. The van der Waals surface area contributed by atoms with Gasteiger partial charge in [0, 0.05) is 49.3 Å². The van der Waals surface area contributed by atoms with Crippen LogP contribution in [0.2, 0.25) is 0 Å². The molecule has 5 heteroatoms. The van der Waals surface area contributed by atoms with Crippen molar-refractivity contribution in [2.75, 3.05) is 0 Å². The highest BCUT2D eigenvalue weighted by Crippen LogP contribution is 2.42. The van der Waals surface area contributed by atoms with Crippen molar-refractivity contribution in [3.05, 3.63) is 176 Å². The van der Waals surface area contributed by atoms with Crippen LogP contribution in [0, 0.1) is 0 Å². The molecule has 0 atom stereocenters. The Morgan fingerprint density at radius 2 is 0.981 bits per heavy atom. The molecular formula is C47H29N5. The molecule has 7 aromatic carbocycles. The first-order valence-corrected chi connectivity index (χ1v) is 17.5. The van der Waals surface area contributed by atoms with E-state index in [0.717, 1.165) is 72.4 Å². The summed E-state index contributed by atoms with van der Waals surface area (Å²) in [4.78, 5) is 15.5. The molecule has 0 N–H and O–H groups in total. The van der Waals surface area contributed by atoms with Gasteiger partial charge in [0.2, 0.25) is 0 Å². The molecule has 4 aromatic heterocycles. The topological polar surface area (TPSA) is 48.0 Å². The van der Waals surface area contributed by atoms with E-state index in [1.807, 2.05) is 12.1 Å². The molecule has 0 saturated carbocycles. The Bertz CT molecular complexity index is 3120. The Hall–Kier alpha value is -7.11. The lowest BCUT2D eigenvalue weighted by molar-refractivity contribution is 1.16. The van der Waals surface area contributed by atoms with E-state index in [1.54, 1.807) is 0 Å². The second-order valence-corrected chi connectivity index (χ2v) is 13.3. The van der Waals surface area contributed by atoms with Gasteiger partial charge in [-0.1, -0.05) is 127 Å². The third kappa shape index (κ3) is 4.26. The van der Waals surface area contributed by atoms with Gasteiger partial charge in [0.1, 0.15) is 5.65 Å². The van der Waals surface area contributed by atoms with Gasteiger partial charge in [-0.2, -0.15) is 0 Å². The third-order valence-corrected chi connectivity index (χ3v) is 10.3. The average Bonchev–Trinajstić information content (AvgIpc) is 3.78. The van der Waals surface area contributed by atoms with E-state index in [-0.39, 0.29) is 0 Å². The quantitative estimate of drug-likeness (QED) is 0.176. The molecule has 5 nitrogen and oxygen atoms in total. The van der Waals surface area contributed by atoms with E-state index >= 15 is 0 Å². The second-order valence-electron chi connectivity index (χ2n) is 13.3. The number of pyridine rings is 1. The number of aromatic nitrogens is 5. The number of para-hydroxylation sites is 4. The van der Waals surface area contributed by atoms with E-state index in [9.17, 15) is 0 Å². The molecule has 0 aliphatic heterocycles. The highest BCUT2D eigenvalue weighted by Gasteiger charge is 2.21. The van der Waals surface area contributed by atoms with Crippen LogP contribution in [0.4, 0.5) is 0 Å². The lowest BCUT2D eigenvalue weighted by Crippen LogP contribution is -1.99. The van der Waals surface area contributed by atoms with Crippen molar-refractivity contribution in [2.45, 2.75) is 0 Å². The van der Waals surface area contributed by atoms with Gasteiger partial charge in [-0.25, -0.2) is 15.0 Å². The molecule has 0 fully saturated rings. The van der Waals surface area contributed by atoms with E-state index < -0.39 is 0 Å². The lowest BCUT2D eigenvalue weighted by Gasteiger charge is -2.14. The number of imidazole rings is 1. The van der Waals surface area contributed by atoms with Crippen LogP contribution >= 0.6 is 0 Å². The van der Waals surface area contributed by atoms with Gasteiger partial charge >= 0.3 is 0 Å². The van der Waals surface area contributed by atoms with Crippen LogP contribution in [-0.4, -0.2) is 23.9 Å². The van der Waals surface area contributed by atoms with Crippen LogP contribution in [0.3, 0.4) is 0 Å². The first kappa shape index (κ1) is 28.7.